The van der Waals surface area contributed by atoms with E-state index in [4.69, 9.17) is 4.74 Å². The van der Waals surface area contributed by atoms with Crippen LogP contribution in [0.15, 0.2) is 35.5 Å². The number of carbonyl (C=O) groups is 1. The molecule has 172 valence electrons. The SMILES string of the molecule is CN1CC2(CC34CCCCC3=CN3C=CCCC3=C4O2)N(CCNS(C)(=O)=O)C1=O.Cl. The Kier molecular flexibility index (Phi) is 5.59. The highest BCUT2D eigenvalue weighted by molar-refractivity contribution is 7.88. The molecule has 5 rings (SSSR count). The molecular weight excluding hydrogens is 440 g/mol. The highest BCUT2D eigenvalue weighted by Crippen LogP contribution is 2.62. The number of allylic oxidation sites excluding steroid dienone is 3. The lowest BCUT2D eigenvalue weighted by Gasteiger charge is -2.42. The lowest BCUT2D eigenvalue weighted by Crippen LogP contribution is -2.50. The first-order chi connectivity index (χ1) is 14.2. The van der Waals surface area contributed by atoms with Crippen LogP contribution in [0.2, 0.25) is 0 Å². The average molecular weight is 471 g/mol. The molecule has 0 aromatic heterocycles. The van der Waals surface area contributed by atoms with E-state index < -0.39 is 15.7 Å². The molecule has 31 heavy (non-hydrogen) atoms. The van der Waals surface area contributed by atoms with Crippen molar-refractivity contribution in [2.24, 2.45) is 5.41 Å². The molecule has 10 heteroatoms. The van der Waals surface area contributed by atoms with Gasteiger partial charge in [-0.15, -0.1) is 12.4 Å². The number of ether oxygens (including phenoxy) is 1. The van der Waals surface area contributed by atoms with Crippen LogP contribution < -0.4 is 4.72 Å². The van der Waals surface area contributed by atoms with Crippen molar-refractivity contribution >= 4 is 28.5 Å². The topological polar surface area (TPSA) is 82.2 Å². The Bertz CT molecular complexity index is 978. The maximum atomic E-state index is 13.0. The van der Waals surface area contributed by atoms with Gasteiger partial charge in [0.25, 0.3) is 0 Å². The summed E-state index contributed by atoms with van der Waals surface area (Å²) in [6, 6.07) is -0.104. The monoisotopic (exact) mass is 470 g/mol. The van der Waals surface area contributed by atoms with Crippen LogP contribution in [0, 0.1) is 5.41 Å². The van der Waals surface area contributed by atoms with E-state index in [1.165, 1.54) is 17.7 Å². The summed E-state index contributed by atoms with van der Waals surface area (Å²) in [5, 5.41) is 0. The summed E-state index contributed by atoms with van der Waals surface area (Å²) in [6.07, 6.45) is 14.9. The fourth-order valence-corrected chi connectivity index (χ4v) is 6.40. The summed E-state index contributed by atoms with van der Waals surface area (Å²) in [7, 11) is -1.52. The molecule has 4 heterocycles. The molecule has 0 bridgehead atoms. The van der Waals surface area contributed by atoms with Gasteiger partial charge in [0.15, 0.2) is 0 Å². The third kappa shape index (κ3) is 3.54. The van der Waals surface area contributed by atoms with E-state index in [1.807, 2.05) is 0 Å². The lowest BCUT2D eigenvalue weighted by atomic mass is 9.65. The fraction of sp³-hybridized carbons (Fsp3) is 0.667. The van der Waals surface area contributed by atoms with Gasteiger partial charge in [-0.3, -0.25) is 4.90 Å². The minimum Gasteiger partial charge on any atom is -0.467 e. The normalized spacial score (nSPS) is 31.9. The molecule has 2 atom stereocenters. The molecule has 0 aromatic rings. The Balaban J connectivity index is 0.00000231. The number of rotatable bonds is 4. The molecule has 8 nitrogen and oxygen atoms in total. The number of sulfonamides is 1. The Hall–Kier alpha value is -1.71. The summed E-state index contributed by atoms with van der Waals surface area (Å²) >= 11 is 0. The van der Waals surface area contributed by atoms with Gasteiger partial charge in [-0.25, -0.2) is 17.9 Å². The quantitative estimate of drug-likeness (QED) is 0.683. The predicted octanol–water partition coefficient (Wildman–Crippen LogP) is 2.72. The van der Waals surface area contributed by atoms with Gasteiger partial charge in [0.1, 0.15) is 5.76 Å². The summed E-state index contributed by atoms with van der Waals surface area (Å²) in [5.41, 5.74) is 1.74. The van der Waals surface area contributed by atoms with Gasteiger partial charge in [-0.05, 0) is 37.7 Å². The van der Waals surface area contributed by atoms with E-state index in [0.29, 0.717) is 6.54 Å². The first-order valence-corrected chi connectivity index (χ1v) is 12.7. The second-order valence-corrected chi connectivity index (χ2v) is 11.1. The van der Waals surface area contributed by atoms with E-state index in [0.717, 1.165) is 50.5 Å². The zero-order valence-electron chi connectivity index (χ0n) is 18.1. The Morgan fingerprint density at radius 1 is 1.26 bits per heavy atom. The minimum atomic E-state index is -3.31. The van der Waals surface area contributed by atoms with Gasteiger partial charge < -0.3 is 14.5 Å². The summed E-state index contributed by atoms with van der Waals surface area (Å²) in [6.45, 7) is 0.962. The maximum absolute atomic E-state index is 13.0. The number of carbonyl (C=O) groups excluding carboxylic acids is 1. The molecule has 3 fully saturated rings. The number of urea groups is 1. The number of fused-ring (bicyclic) bond motifs is 1. The van der Waals surface area contributed by atoms with Crippen LogP contribution in [0.3, 0.4) is 0 Å². The van der Waals surface area contributed by atoms with Crippen molar-refractivity contribution in [3.05, 3.63) is 35.5 Å². The van der Waals surface area contributed by atoms with Crippen molar-refractivity contribution in [1.82, 2.24) is 19.4 Å². The highest BCUT2D eigenvalue weighted by Gasteiger charge is 2.64. The second kappa shape index (κ2) is 7.71. The number of halogens is 1. The van der Waals surface area contributed by atoms with Crippen molar-refractivity contribution in [3.8, 4) is 0 Å². The Labute approximate surface area is 190 Å². The van der Waals surface area contributed by atoms with Crippen LogP contribution in [0.4, 0.5) is 4.79 Å². The number of amides is 2. The second-order valence-electron chi connectivity index (χ2n) is 9.23. The molecule has 0 radical (unpaired) electrons. The molecule has 1 N–H and O–H groups in total. The molecule has 2 spiro atoms. The van der Waals surface area contributed by atoms with E-state index in [2.05, 4.69) is 28.1 Å². The Morgan fingerprint density at radius 3 is 2.84 bits per heavy atom. The van der Waals surface area contributed by atoms with Gasteiger partial charge in [0, 0.05) is 39.0 Å². The standard InChI is InChI=1S/C21H30N4O4S.ClH/c1-23-15-21(25(19(23)26)12-10-22-30(2,27)28)14-20-9-5-3-7-16(20)13-24-11-6-4-8-17(24)18(20)29-21;/h6,11,13,22H,3-5,7-10,12,14-15H2,1-2H3;1H. The van der Waals surface area contributed by atoms with Crippen LogP contribution >= 0.6 is 12.4 Å². The van der Waals surface area contributed by atoms with E-state index in [9.17, 15) is 13.2 Å². The minimum absolute atomic E-state index is 0. The first-order valence-electron chi connectivity index (χ1n) is 10.8. The lowest BCUT2D eigenvalue weighted by molar-refractivity contribution is -0.0524. The molecule has 2 saturated heterocycles. The van der Waals surface area contributed by atoms with Crippen LogP contribution in [0.1, 0.15) is 44.9 Å². The van der Waals surface area contributed by atoms with E-state index in [1.54, 1.807) is 16.8 Å². The zero-order chi connectivity index (χ0) is 21.1. The van der Waals surface area contributed by atoms with Crippen molar-refractivity contribution in [3.63, 3.8) is 0 Å². The van der Waals surface area contributed by atoms with Crippen molar-refractivity contribution in [2.75, 3.05) is 32.9 Å². The van der Waals surface area contributed by atoms with Crippen molar-refractivity contribution in [1.29, 1.82) is 0 Å². The highest BCUT2D eigenvalue weighted by atomic mass is 35.5. The van der Waals surface area contributed by atoms with Gasteiger partial charge in [0.2, 0.25) is 15.7 Å². The first kappa shape index (κ1) is 22.5. The van der Waals surface area contributed by atoms with Crippen LogP contribution in [-0.2, 0) is 14.8 Å². The Morgan fingerprint density at radius 2 is 2.06 bits per heavy atom. The van der Waals surface area contributed by atoms with Crippen molar-refractivity contribution < 1.29 is 17.9 Å². The van der Waals surface area contributed by atoms with Crippen LogP contribution in [0.5, 0.6) is 0 Å². The van der Waals surface area contributed by atoms with Gasteiger partial charge in [-0.1, -0.05) is 12.5 Å². The maximum Gasteiger partial charge on any atom is 0.323 e. The molecule has 0 aromatic carbocycles. The van der Waals surface area contributed by atoms with Crippen LogP contribution in [0.25, 0.3) is 0 Å². The fourth-order valence-electron chi connectivity index (χ4n) is 5.93. The smallest absolute Gasteiger partial charge is 0.323 e. The van der Waals surface area contributed by atoms with Crippen molar-refractivity contribution in [2.45, 2.75) is 50.7 Å². The summed E-state index contributed by atoms with van der Waals surface area (Å²) in [4.78, 5) is 18.7. The summed E-state index contributed by atoms with van der Waals surface area (Å²) < 4.78 is 32.4. The number of hydrogen-bond acceptors (Lipinski definition) is 5. The van der Waals surface area contributed by atoms with Gasteiger partial charge in [-0.2, -0.15) is 0 Å². The number of likely N-dealkylation sites (N-methyl/N-ethyl adjacent to an activating group) is 1. The largest absolute Gasteiger partial charge is 0.467 e. The molecule has 2 amide bonds. The molecule has 5 aliphatic rings. The van der Waals surface area contributed by atoms with E-state index in [-0.39, 0.29) is 36.9 Å². The molecule has 1 aliphatic carbocycles. The summed E-state index contributed by atoms with van der Waals surface area (Å²) in [5.74, 6) is 1.05. The predicted molar refractivity (Wildman–Crippen MR) is 119 cm³/mol. The van der Waals surface area contributed by atoms with Gasteiger partial charge >= 0.3 is 6.03 Å². The molecular formula is C21H31ClN4O4S. The third-order valence-corrected chi connectivity index (χ3v) is 7.86. The number of hydrogen-bond donors (Lipinski definition) is 1. The zero-order valence-corrected chi connectivity index (χ0v) is 19.7. The number of nitrogens with zero attached hydrogens (tertiary/aromatic N) is 3. The molecule has 1 saturated carbocycles. The molecule has 2 unspecified atom stereocenters. The van der Waals surface area contributed by atoms with Gasteiger partial charge in [0.05, 0.1) is 23.9 Å². The van der Waals surface area contributed by atoms with Crippen LogP contribution in [-0.4, -0.2) is 67.8 Å². The average Bonchev–Trinajstić information content (AvgIpc) is 3.13. The molecule has 4 aliphatic heterocycles. The third-order valence-electron chi connectivity index (χ3n) is 7.13. The van der Waals surface area contributed by atoms with E-state index >= 15 is 0 Å². The number of nitrogens with one attached hydrogen (secondary N) is 1.